The highest BCUT2D eigenvalue weighted by Gasteiger charge is 2.36. The number of benzene rings is 3. The van der Waals surface area contributed by atoms with Gasteiger partial charge < -0.3 is 9.47 Å². The van der Waals surface area contributed by atoms with Crippen molar-refractivity contribution in [1.82, 2.24) is 0 Å². The van der Waals surface area contributed by atoms with Crippen LogP contribution >= 0.6 is 0 Å². The number of aryl methyl sites for hydroxylation is 1. The van der Waals surface area contributed by atoms with Crippen LogP contribution in [0.1, 0.15) is 44.3 Å². The zero-order valence-corrected chi connectivity index (χ0v) is 14.9. The monoisotopic (exact) mass is 346 g/mol. The molecule has 130 valence electrons. The molecule has 0 saturated carbocycles. The van der Waals surface area contributed by atoms with E-state index in [9.17, 15) is 9.59 Å². The molecule has 0 bridgehead atoms. The molecule has 4 heteroatoms. The standard InChI is InChI=1S/C22H18O4/c1-4-12-8-9-14-13(10-12)11-17(26-3)20-19(14)21(23)15-6-5-7-16(25-2)18(15)22(20)24/h5-11H,4H2,1-3H3. The lowest BCUT2D eigenvalue weighted by atomic mass is 9.80. The summed E-state index contributed by atoms with van der Waals surface area (Å²) in [6, 6.07) is 12.9. The summed E-state index contributed by atoms with van der Waals surface area (Å²) in [5.74, 6) is 0.387. The molecule has 0 unspecified atom stereocenters. The van der Waals surface area contributed by atoms with Gasteiger partial charge in [0.2, 0.25) is 5.78 Å². The number of fused-ring (bicyclic) bond motifs is 4. The second kappa shape index (κ2) is 5.99. The predicted molar refractivity (Wildman–Crippen MR) is 99.7 cm³/mol. The van der Waals surface area contributed by atoms with E-state index in [1.54, 1.807) is 18.2 Å². The zero-order chi connectivity index (χ0) is 18.4. The molecule has 26 heavy (non-hydrogen) atoms. The Morgan fingerprint density at radius 2 is 1.58 bits per heavy atom. The molecule has 0 heterocycles. The second-order valence-electron chi connectivity index (χ2n) is 6.28. The minimum atomic E-state index is -0.245. The van der Waals surface area contributed by atoms with Crippen molar-refractivity contribution >= 4 is 22.3 Å². The van der Waals surface area contributed by atoms with Crippen LogP contribution in [0.4, 0.5) is 0 Å². The van der Waals surface area contributed by atoms with Gasteiger partial charge in [0.05, 0.1) is 25.3 Å². The maximum atomic E-state index is 13.3. The number of carbonyl (C=O) groups excluding carboxylic acids is 2. The van der Waals surface area contributed by atoms with Gasteiger partial charge in [-0.3, -0.25) is 9.59 Å². The first-order valence-corrected chi connectivity index (χ1v) is 8.50. The third-order valence-electron chi connectivity index (χ3n) is 4.97. The Hall–Kier alpha value is -3.14. The van der Waals surface area contributed by atoms with Crippen molar-refractivity contribution in [2.45, 2.75) is 13.3 Å². The van der Waals surface area contributed by atoms with Gasteiger partial charge in [-0.05, 0) is 34.9 Å². The van der Waals surface area contributed by atoms with Crippen molar-refractivity contribution in [3.8, 4) is 11.5 Å². The Morgan fingerprint density at radius 1 is 0.808 bits per heavy atom. The summed E-state index contributed by atoms with van der Waals surface area (Å²) in [5, 5.41) is 1.66. The topological polar surface area (TPSA) is 52.6 Å². The first kappa shape index (κ1) is 16.3. The van der Waals surface area contributed by atoms with Gasteiger partial charge in [-0.25, -0.2) is 0 Å². The van der Waals surface area contributed by atoms with Crippen molar-refractivity contribution in [3.05, 3.63) is 70.3 Å². The van der Waals surface area contributed by atoms with Gasteiger partial charge in [-0.1, -0.05) is 37.3 Å². The highest BCUT2D eigenvalue weighted by Crippen LogP contribution is 2.41. The smallest absolute Gasteiger partial charge is 0.202 e. The van der Waals surface area contributed by atoms with Crippen LogP contribution in [0.15, 0.2) is 42.5 Å². The number of hydrogen-bond donors (Lipinski definition) is 0. The molecule has 0 N–H and O–H groups in total. The predicted octanol–water partition coefficient (Wildman–Crippen LogP) is 4.19. The molecule has 1 aliphatic carbocycles. The van der Waals surface area contributed by atoms with Crippen molar-refractivity contribution in [2.24, 2.45) is 0 Å². The fraction of sp³-hybridized carbons (Fsp3) is 0.182. The van der Waals surface area contributed by atoms with Crippen molar-refractivity contribution in [1.29, 1.82) is 0 Å². The van der Waals surface area contributed by atoms with Crippen molar-refractivity contribution < 1.29 is 19.1 Å². The molecule has 0 saturated heterocycles. The van der Waals surface area contributed by atoms with Gasteiger partial charge in [-0.15, -0.1) is 0 Å². The molecule has 0 fully saturated rings. The SMILES string of the molecule is CCc1ccc2c3c(c(OC)cc2c1)C(=O)c1c(OC)cccc1C3=O. The second-order valence-corrected chi connectivity index (χ2v) is 6.28. The molecule has 1 aliphatic rings. The van der Waals surface area contributed by atoms with Gasteiger partial charge in [0.15, 0.2) is 5.78 Å². The van der Waals surface area contributed by atoms with Gasteiger partial charge in [0.25, 0.3) is 0 Å². The fourth-order valence-corrected chi connectivity index (χ4v) is 3.66. The van der Waals surface area contributed by atoms with Gasteiger partial charge in [0.1, 0.15) is 11.5 Å². The zero-order valence-electron chi connectivity index (χ0n) is 14.9. The van der Waals surface area contributed by atoms with E-state index in [0.29, 0.717) is 33.8 Å². The minimum Gasteiger partial charge on any atom is -0.496 e. The summed E-state index contributed by atoms with van der Waals surface area (Å²) < 4.78 is 10.8. The number of ether oxygens (including phenoxy) is 2. The Labute approximate surface area is 151 Å². The third-order valence-corrected chi connectivity index (χ3v) is 4.97. The van der Waals surface area contributed by atoms with Gasteiger partial charge >= 0.3 is 0 Å². The molecule has 4 nitrogen and oxygen atoms in total. The summed E-state index contributed by atoms with van der Waals surface area (Å²) in [6.45, 7) is 2.08. The lowest BCUT2D eigenvalue weighted by molar-refractivity contribution is 0.0975. The Morgan fingerprint density at radius 3 is 2.27 bits per heavy atom. The first-order chi connectivity index (χ1) is 12.6. The largest absolute Gasteiger partial charge is 0.496 e. The molecule has 4 rings (SSSR count). The number of carbonyl (C=O) groups is 2. The molecule has 0 spiro atoms. The lowest BCUT2D eigenvalue weighted by Gasteiger charge is -2.23. The number of ketones is 2. The summed E-state index contributed by atoms with van der Waals surface area (Å²) in [5.41, 5.74) is 2.56. The average Bonchev–Trinajstić information content (AvgIpc) is 2.69. The van der Waals surface area contributed by atoms with Crippen LogP contribution in [-0.2, 0) is 6.42 Å². The molecule has 0 radical (unpaired) electrons. The van der Waals surface area contributed by atoms with Crippen LogP contribution in [0.2, 0.25) is 0 Å². The first-order valence-electron chi connectivity index (χ1n) is 8.50. The molecule has 0 aliphatic heterocycles. The van der Waals surface area contributed by atoms with Gasteiger partial charge in [-0.2, -0.15) is 0 Å². The van der Waals surface area contributed by atoms with E-state index in [-0.39, 0.29) is 11.6 Å². The maximum Gasteiger partial charge on any atom is 0.202 e. The van der Waals surface area contributed by atoms with E-state index in [1.807, 2.05) is 24.3 Å². The average molecular weight is 346 g/mol. The van der Waals surface area contributed by atoms with Crippen molar-refractivity contribution in [2.75, 3.05) is 14.2 Å². The van der Waals surface area contributed by atoms with E-state index in [0.717, 1.165) is 22.8 Å². The van der Waals surface area contributed by atoms with Crippen LogP contribution in [0.3, 0.4) is 0 Å². The highest BCUT2D eigenvalue weighted by molar-refractivity contribution is 6.33. The van der Waals surface area contributed by atoms with E-state index in [1.165, 1.54) is 14.2 Å². The summed E-state index contributed by atoms with van der Waals surface area (Å²) >= 11 is 0. The molecular formula is C22H18O4. The maximum absolute atomic E-state index is 13.3. The number of rotatable bonds is 3. The molecule has 0 amide bonds. The fourth-order valence-electron chi connectivity index (χ4n) is 3.66. The summed E-state index contributed by atoms with van der Waals surface area (Å²) in [7, 11) is 3.01. The van der Waals surface area contributed by atoms with E-state index >= 15 is 0 Å². The lowest BCUT2D eigenvalue weighted by Crippen LogP contribution is -2.23. The Balaban J connectivity index is 2.11. The van der Waals surface area contributed by atoms with Crippen LogP contribution in [0.25, 0.3) is 10.8 Å². The van der Waals surface area contributed by atoms with Crippen molar-refractivity contribution in [3.63, 3.8) is 0 Å². The molecule has 0 aromatic heterocycles. The minimum absolute atomic E-state index is 0.179. The van der Waals surface area contributed by atoms with E-state index in [4.69, 9.17) is 9.47 Å². The van der Waals surface area contributed by atoms with Crippen LogP contribution < -0.4 is 9.47 Å². The molecule has 0 atom stereocenters. The number of methoxy groups -OCH3 is 2. The number of hydrogen-bond acceptors (Lipinski definition) is 4. The van der Waals surface area contributed by atoms with Crippen LogP contribution in [-0.4, -0.2) is 25.8 Å². The summed E-state index contributed by atoms with van der Waals surface area (Å²) in [6.07, 6.45) is 0.891. The third kappa shape index (κ3) is 2.15. The Bertz CT molecular complexity index is 1080. The van der Waals surface area contributed by atoms with E-state index < -0.39 is 0 Å². The van der Waals surface area contributed by atoms with Crippen LogP contribution in [0.5, 0.6) is 11.5 Å². The van der Waals surface area contributed by atoms with Gasteiger partial charge in [0, 0.05) is 11.1 Å². The van der Waals surface area contributed by atoms with Crippen LogP contribution in [0, 0.1) is 0 Å². The quantitative estimate of drug-likeness (QED) is 0.558. The molecule has 3 aromatic rings. The highest BCUT2D eigenvalue weighted by atomic mass is 16.5. The normalized spacial score (nSPS) is 12.7. The molecular weight excluding hydrogens is 328 g/mol. The Kier molecular flexibility index (Phi) is 3.76. The molecule has 3 aromatic carbocycles. The summed E-state index contributed by atoms with van der Waals surface area (Å²) in [4.78, 5) is 26.6. The van der Waals surface area contributed by atoms with E-state index in [2.05, 4.69) is 6.92 Å².